The maximum absolute atomic E-state index is 12.9. The average Bonchev–Trinajstić information content (AvgIpc) is 2.51. The van der Waals surface area contributed by atoms with E-state index in [0.29, 0.717) is 16.9 Å². The molecule has 0 atom stereocenters. The van der Waals surface area contributed by atoms with Gasteiger partial charge in [-0.2, -0.15) is 0 Å². The van der Waals surface area contributed by atoms with E-state index in [0.717, 1.165) is 5.56 Å². The molecule has 2 aromatic rings. The van der Waals surface area contributed by atoms with Crippen molar-refractivity contribution < 1.29 is 14.0 Å². The Bertz CT molecular complexity index is 714. The highest BCUT2D eigenvalue weighted by molar-refractivity contribution is 6.04. The van der Waals surface area contributed by atoms with Crippen LogP contribution >= 0.6 is 0 Å². The van der Waals surface area contributed by atoms with Gasteiger partial charge in [0.2, 0.25) is 5.91 Å². The monoisotopic (exact) mass is 315 g/mol. The Hall–Kier alpha value is -2.73. The molecule has 2 aromatic carbocycles. The molecule has 0 radical (unpaired) electrons. The lowest BCUT2D eigenvalue weighted by molar-refractivity contribution is -0.116. The van der Waals surface area contributed by atoms with Gasteiger partial charge in [-0.3, -0.25) is 9.59 Å². The third-order valence-corrected chi connectivity index (χ3v) is 3.24. The number of nitrogens with two attached hydrogens (primary N) is 1. The summed E-state index contributed by atoms with van der Waals surface area (Å²) in [4.78, 5) is 23.6. The fourth-order valence-electron chi connectivity index (χ4n) is 2.03. The number of hydrogen-bond donors (Lipinski definition) is 3. The standard InChI is InChI=1S/C17H18FN3O2/c1-11-10-14(20-16(22)8-9-19)6-7-15(11)21-17(23)12-2-4-13(18)5-3-12/h2-7,10H,8-9,19H2,1H3,(H,20,22)(H,21,23). The van der Waals surface area contributed by atoms with E-state index in [1.165, 1.54) is 24.3 Å². The van der Waals surface area contributed by atoms with Gasteiger partial charge in [0.1, 0.15) is 5.82 Å². The van der Waals surface area contributed by atoms with Crippen LogP contribution in [-0.4, -0.2) is 18.4 Å². The molecule has 4 N–H and O–H groups in total. The number of anilines is 2. The third-order valence-electron chi connectivity index (χ3n) is 3.24. The van der Waals surface area contributed by atoms with Crippen molar-refractivity contribution >= 4 is 23.2 Å². The van der Waals surface area contributed by atoms with Crippen LogP contribution in [-0.2, 0) is 4.79 Å². The predicted molar refractivity (Wildman–Crippen MR) is 87.8 cm³/mol. The Kier molecular flexibility index (Phi) is 5.43. The molecule has 0 saturated carbocycles. The number of hydrogen-bond acceptors (Lipinski definition) is 3. The van der Waals surface area contributed by atoms with Gasteiger partial charge in [0.25, 0.3) is 5.91 Å². The van der Waals surface area contributed by atoms with Crippen LogP contribution in [0.3, 0.4) is 0 Å². The fraction of sp³-hybridized carbons (Fsp3) is 0.176. The second-order valence-corrected chi connectivity index (χ2v) is 5.08. The normalized spacial score (nSPS) is 10.2. The zero-order valence-corrected chi connectivity index (χ0v) is 12.7. The molecule has 0 aromatic heterocycles. The van der Waals surface area contributed by atoms with Crippen LogP contribution in [0.1, 0.15) is 22.3 Å². The van der Waals surface area contributed by atoms with Crippen LogP contribution in [0.2, 0.25) is 0 Å². The molecular formula is C17H18FN3O2. The molecule has 0 aliphatic heterocycles. The molecule has 120 valence electrons. The van der Waals surface area contributed by atoms with Crippen molar-refractivity contribution in [2.75, 3.05) is 17.2 Å². The second-order valence-electron chi connectivity index (χ2n) is 5.08. The molecule has 0 spiro atoms. The number of rotatable bonds is 5. The van der Waals surface area contributed by atoms with Gasteiger partial charge in [0, 0.05) is 29.9 Å². The molecule has 0 unspecified atom stereocenters. The molecule has 5 nitrogen and oxygen atoms in total. The summed E-state index contributed by atoms with van der Waals surface area (Å²) < 4.78 is 12.9. The number of halogens is 1. The van der Waals surface area contributed by atoms with Crippen molar-refractivity contribution in [2.24, 2.45) is 5.73 Å². The molecule has 23 heavy (non-hydrogen) atoms. The van der Waals surface area contributed by atoms with Gasteiger partial charge in [-0.05, 0) is 55.0 Å². The van der Waals surface area contributed by atoms with E-state index in [9.17, 15) is 14.0 Å². The maximum Gasteiger partial charge on any atom is 0.255 e. The zero-order valence-electron chi connectivity index (χ0n) is 12.7. The van der Waals surface area contributed by atoms with Gasteiger partial charge in [0.15, 0.2) is 0 Å². The average molecular weight is 315 g/mol. The highest BCUT2D eigenvalue weighted by atomic mass is 19.1. The van der Waals surface area contributed by atoms with Crippen molar-refractivity contribution in [3.63, 3.8) is 0 Å². The minimum Gasteiger partial charge on any atom is -0.330 e. The Morgan fingerprint density at radius 1 is 1.09 bits per heavy atom. The molecule has 2 amide bonds. The number of carbonyl (C=O) groups is 2. The lowest BCUT2D eigenvalue weighted by atomic mass is 10.1. The van der Waals surface area contributed by atoms with Crippen LogP contribution in [0, 0.1) is 12.7 Å². The van der Waals surface area contributed by atoms with Crippen LogP contribution < -0.4 is 16.4 Å². The smallest absolute Gasteiger partial charge is 0.255 e. The predicted octanol–water partition coefficient (Wildman–Crippen LogP) is 2.67. The number of aryl methyl sites for hydroxylation is 1. The summed E-state index contributed by atoms with van der Waals surface area (Å²) >= 11 is 0. The van der Waals surface area contributed by atoms with E-state index < -0.39 is 5.82 Å². The SMILES string of the molecule is Cc1cc(NC(=O)CCN)ccc1NC(=O)c1ccc(F)cc1. The first-order valence-corrected chi connectivity index (χ1v) is 7.17. The van der Waals surface area contributed by atoms with E-state index in [4.69, 9.17) is 5.73 Å². The Balaban J connectivity index is 2.07. The van der Waals surface area contributed by atoms with E-state index >= 15 is 0 Å². The molecule has 0 saturated heterocycles. The van der Waals surface area contributed by atoms with Crippen molar-refractivity contribution in [2.45, 2.75) is 13.3 Å². The number of nitrogens with one attached hydrogen (secondary N) is 2. The van der Waals surface area contributed by atoms with Crippen molar-refractivity contribution in [3.8, 4) is 0 Å². The molecular weight excluding hydrogens is 297 g/mol. The van der Waals surface area contributed by atoms with Crippen LogP contribution in [0.5, 0.6) is 0 Å². The summed E-state index contributed by atoms with van der Waals surface area (Å²) in [6, 6.07) is 10.5. The minimum atomic E-state index is -0.393. The zero-order chi connectivity index (χ0) is 16.8. The Morgan fingerprint density at radius 2 is 1.78 bits per heavy atom. The molecule has 2 rings (SSSR count). The highest BCUT2D eigenvalue weighted by Gasteiger charge is 2.09. The van der Waals surface area contributed by atoms with E-state index in [1.54, 1.807) is 18.2 Å². The van der Waals surface area contributed by atoms with Gasteiger partial charge >= 0.3 is 0 Å². The van der Waals surface area contributed by atoms with Gasteiger partial charge in [-0.25, -0.2) is 4.39 Å². The molecule has 0 aliphatic carbocycles. The molecule has 6 heteroatoms. The van der Waals surface area contributed by atoms with Crippen molar-refractivity contribution in [1.82, 2.24) is 0 Å². The first-order chi connectivity index (χ1) is 11.0. The van der Waals surface area contributed by atoms with Gasteiger partial charge in [-0.15, -0.1) is 0 Å². The fourth-order valence-corrected chi connectivity index (χ4v) is 2.03. The van der Waals surface area contributed by atoms with Gasteiger partial charge < -0.3 is 16.4 Å². The lowest BCUT2D eigenvalue weighted by Crippen LogP contribution is -2.16. The van der Waals surface area contributed by atoms with E-state index in [2.05, 4.69) is 10.6 Å². The third kappa shape index (κ3) is 4.62. The minimum absolute atomic E-state index is 0.157. The van der Waals surface area contributed by atoms with Crippen molar-refractivity contribution in [3.05, 3.63) is 59.4 Å². The summed E-state index contributed by atoms with van der Waals surface area (Å²) in [5.41, 5.74) is 7.75. The Morgan fingerprint density at radius 3 is 2.39 bits per heavy atom. The molecule has 0 fully saturated rings. The Labute approximate surface area is 133 Å². The highest BCUT2D eigenvalue weighted by Crippen LogP contribution is 2.20. The maximum atomic E-state index is 12.9. The van der Waals surface area contributed by atoms with E-state index in [-0.39, 0.29) is 24.8 Å². The van der Waals surface area contributed by atoms with Crippen molar-refractivity contribution in [1.29, 1.82) is 0 Å². The quantitative estimate of drug-likeness (QED) is 0.793. The lowest BCUT2D eigenvalue weighted by Gasteiger charge is -2.11. The largest absolute Gasteiger partial charge is 0.330 e. The van der Waals surface area contributed by atoms with Crippen LogP contribution in [0.15, 0.2) is 42.5 Å². The summed E-state index contributed by atoms with van der Waals surface area (Å²) in [7, 11) is 0. The topological polar surface area (TPSA) is 84.2 Å². The van der Waals surface area contributed by atoms with Crippen LogP contribution in [0.4, 0.5) is 15.8 Å². The second kappa shape index (κ2) is 7.51. The molecule has 0 heterocycles. The van der Waals surface area contributed by atoms with E-state index in [1.807, 2.05) is 6.92 Å². The first-order valence-electron chi connectivity index (χ1n) is 7.17. The molecule has 0 aliphatic rings. The number of amides is 2. The number of benzene rings is 2. The summed E-state index contributed by atoms with van der Waals surface area (Å²) in [5, 5.41) is 5.49. The summed E-state index contributed by atoms with van der Waals surface area (Å²) in [6.45, 7) is 2.11. The van der Waals surface area contributed by atoms with Gasteiger partial charge in [0.05, 0.1) is 0 Å². The summed E-state index contributed by atoms with van der Waals surface area (Å²) in [6.07, 6.45) is 0.252. The summed E-state index contributed by atoms with van der Waals surface area (Å²) in [5.74, 6) is -0.877. The van der Waals surface area contributed by atoms with Crippen LogP contribution in [0.25, 0.3) is 0 Å². The first kappa shape index (κ1) is 16.6. The number of carbonyl (C=O) groups excluding carboxylic acids is 2. The van der Waals surface area contributed by atoms with Gasteiger partial charge in [-0.1, -0.05) is 0 Å². The molecule has 0 bridgehead atoms.